The van der Waals surface area contributed by atoms with E-state index in [4.69, 9.17) is 14.3 Å². The Balaban J connectivity index is 1.20. The van der Waals surface area contributed by atoms with Crippen molar-refractivity contribution < 1.29 is 19.1 Å². The van der Waals surface area contributed by atoms with Gasteiger partial charge in [-0.25, -0.2) is 0 Å². The number of hydrogen-bond acceptors (Lipinski definition) is 6. The highest BCUT2D eigenvalue weighted by Crippen LogP contribution is 2.27. The van der Waals surface area contributed by atoms with Gasteiger partial charge in [0, 0.05) is 38.8 Å². The van der Waals surface area contributed by atoms with Crippen LogP contribution in [0.4, 0.5) is 0 Å². The van der Waals surface area contributed by atoms with Gasteiger partial charge < -0.3 is 19.6 Å². The second-order valence-electron chi connectivity index (χ2n) is 8.25. The molecule has 1 unspecified atom stereocenters. The molecule has 1 saturated heterocycles. The summed E-state index contributed by atoms with van der Waals surface area (Å²) in [7, 11) is 2.14. The lowest BCUT2D eigenvalue weighted by atomic mass is 10.0. The van der Waals surface area contributed by atoms with Crippen molar-refractivity contribution >= 4 is 11.6 Å². The first kappa shape index (κ1) is 22.3. The zero-order valence-corrected chi connectivity index (χ0v) is 18.5. The molecule has 7 nitrogen and oxygen atoms in total. The zero-order chi connectivity index (χ0) is 22.2. The number of benzene rings is 2. The number of nitrogens with zero attached hydrogens (tertiary/aromatic N) is 2. The van der Waals surface area contributed by atoms with E-state index in [0.29, 0.717) is 31.3 Å². The summed E-state index contributed by atoms with van der Waals surface area (Å²) in [5, 5.41) is 6.92. The quantitative estimate of drug-likeness (QED) is 0.652. The van der Waals surface area contributed by atoms with Crippen LogP contribution >= 0.6 is 0 Å². The first-order chi connectivity index (χ1) is 15.7. The molecule has 0 radical (unpaired) electrons. The van der Waals surface area contributed by atoms with Gasteiger partial charge in [-0.2, -0.15) is 0 Å². The van der Waals surface area contributed by atoms with Crippen LogP contribution in [-0.4, -0.2) is 56.0 Å². The summed E-state index contributed by atoms with van der Waals surface area (Å²) in [4.78, 5) is 20.3. The van der Waals surface area contributed by atoms with Crippen LogP contribution in [0.1, 0.15) is 36.5 Å². The van der Waals surface area contributed by atoms with E-state index in [0.717, 1.165) is 49.5 Å². The number of rotatable bonds is 9. The maximum Gasteiger partial charge on any atom is 0.269 e. The Hall–Kier alpha value is -2.90. The van der Waals surface area contributed by atoms with Gasteiger partial charge in [-0.05, 0) is 43.1 Å². The molecule has 1 atom stereocenters. The monoisotopic (exact) mass is 437 g/mol. The van der Waals surface area contributed by atoms with Crippen LogP contribution in [0.25, 0.3) is 0 Å². The molecule has 1 fully saturated rings. The molecule has 4 rings (SSSR count). The van der Waals surface area contributed by atoms with Gasteiger partial charge in [0.25, 0.3) is 5.91 Å². The SMILES string of the molecule is CN(CCOc1cccc(CNC(=O)C2=NOC(c3ccccc3)C2)c1)C1CCOCC1. The Kier molecular flexibility index (Phi) is 7.74. The Labute approximate surface area is 189 Å². The normalized spacial score (nSPS) is 18.8. The summed E-state index contributed by atoms with van der Waals surface area (Å²) in [6.07, 6.45) is 2.43. The zero-order valence-electron chi connectivity index (χ0n) is 18.5. The van der Waals surface area contributed by atoms with Crippen LogP contribution in [0.5, 0.6) is 5.75 Å². The van der Waals surface area contributed by atoms with Crippen molar-refractivity contribution in [1.82, 2.24) is 10.2 Å². The number of hydrogen-bond donors (Lipinski definition) is 1. The highest BCUT2D eigenvalue weighted by Gasteiger charge is 2.27. The number of likely N-dealkylation sites (N-methyl/N-ethyl adjacent to an activating group) is 1. The van der Waals surface area contributed by atoms with Gasteiger partial charge in [0.1, 0.15) is 18.1 Å². The summed E-state index contributed by atoms with van der Waals surface area (Å²) >= 11 is 0. The fourth-order valence-electron chi connectivity index (χ4n) is 4.00. The van der Waals surface area contributed by atoms with E-state index in [2.05, 4.69) is 22.4 Å². The summed E-state index contributed by atoms with van der Waals surface area (Å²) in [5.74, 6) is 0.607. The molecule has 0 spiro atoms. The lowest BCUT2D eigenvalue weighted by Crippen LogP contribution is -2.38. The molecule has 1 N–H and O–H groups in total. The van der Waals surface area contributed by atoms with Crippen LogP contribution in [0.3, 0.4) is 0 Å². The molecular formula is C25H31N3O4. The van der Waals surface area contributed by atoms with Crippen molar-refractivity contribution in [3.63, 3.8) is 0 Å². The predicted octanol–water partition coefficient (Wildman–Crippen LogP) is 3.31. The lowest BCUT2D eigenvalue weighted by Gasteiger charge is -2.31. The largest absolute Gasteiger partial charge is 0.492 e. The van der Waals surface area contributed by atoms with Gasteiger partial charge in [0.2, 0.25) is 0 Å². The van der Waals surface area contributed by atoms with Gasteiger partial charge in [-0.3, -0.25) is 9.69 Å². The van der Waals surface area contributed by atoms with Crippen molar-refractivity contribution in [1.29, 1.82) is 0 Å². The number of oxime groups is 1. The lowest BCUT2D eigenvalue weighted by molar-refractivity contribution is -0.115. The van der Waals surface area contributed by atoms with Gasteiger partial charge in [-0.1, -0.05) is 47.6 Å². The molecule has 2 aliphatic rings. The minimum absolute atomic E-state index is 0.201. The Morgan fingerprint density at radius 1 is 1.16 bits per heavy atom. The van der Waals surface area contributed by atoms with Gasteiger partial charge >= 0.3 is 0 Å². The van der Waals surface area contributed by atoms with Gasteiger partial charge in [0.15, 0.2) is 6.10 Å². The van der Waals surface area contributed by atoms with Crippen molar-refractivity contribution in [2.45, 2.75) is 38.0 Å². The molecule has 0 aliphatic carbocycles. The third-order valence-corrected chi connectivity index (χ3v) is 5.98. The third-order valence-electron chi connectivity index (χ3n) is 5.98. The van der Waals surface area contributed by atoms with E-state index in [9.17, 15) is 4.79 Å². The fraction of sp³-hybridized carbons (Fsp3) is 0.440. The first-order valence-corrected chi connectivity index (χ1v) is 11.2. The number of carbonyl (C=O) groups is 1. The summed E-state index contributed by atoms with van der Waals surface area (Å²) < 4.78 is 11.4. The van der Waals surface area contributed by atoms with E-state index in [1.807, 2.05) is 54.6 Å². The maximum absolute atomic E-state index is 12.5. The molecule has 2 heterocycles. The maximum atomic E-state index is 12.5. The summed E-state index contributed by atoms with van der Waals surface area (Å²) in [5.41, 5.74) is 2.42. The topological polar surface area (TPSA) is 72.4 Å². The number of nitrogens with one attached hydrogen (secondary N) is 1. The minimum Gasteiger partial charge on any atom is -0.492 e. The van der Waals surface area contributed by atoms with Gasteiger partial charge in [0.05, 0.1) is 0 Å². The minimum atomic E-state index is -0.201. The fourth-order valence-corrected chi connectivity index (χ4v) is 4.00. The Bertz CT molecular complexity index is 912. The number of amides is 1. The second kappa shape index (κ2) is 11.1. The highest BCUT2D eigenvalue weighted by atomic mass is 16.6. The third kappa shape index (κ3) is 6.08. The molecule has 0 saturated carbocycles. The van der Waals surface area contributed by atoms with Crippen LogP contribution in [-0.2, 0) is 20.9 Å². The van der Waals surface area contributed by atoms with E-state index in [1.165, 1.54) is 0 Å². The van der Waals surface area contributed by atoms with E-state index in [1.54, 1.807) is 0 Å². The molecule has 2 aromatic carbocycles. The molecule has 0 bridgehead atoms. The standard InChI is InChI=1S/C25H31N3O4/c1-28(21-10-13-30-14-11-21)12-15-31-22-9-5-6-19(16-22)18-26-25(29)23-17-24(32-27-23)20-7-3-2-4-8-20/h2-9,16,21,24H,10-15,17-18H2,1H3,(H,26,29). The molecule has 1 amide bonds. The molecule has 32 heavy (non-hydrogen) atoms. The van der Waals surface area contributed by atoms with E-state index >= 15 is 0 Å². The van der Waals surface area contributed by atoms with Crippen LogP contribution < -0.4 is 10.1 Å². The highest BCUT2D eigenvalue weighted by molar-refractivity contribution is 6.39. The average Bonchev–Trinajstić information content (AvgIpc) is 3.34. The van der Waals surface area contributed by atoms with E-state index < -0.39 is 0 Å². The Morgan fingerprint density at radius 3 is 2.78 bits per heavy atom. The summed E-state index contributed by atoms with van der Waals surface area (Å²) in [6, 6.07) is 18.2. The van der Waals surface area contributed by atoms with Crippen molar-refractivity contribution in [3.05, 3.63) is 65.7 Å². The Morgan fingerprint density at radius 2 is 1.97 bits per heavy atom. The van der Waals surface area contributed by atoms with Crippen LogP contribution in [0, 0.1) is 0 Å². The molecular weight excluding hydrogens is 406 g/mol. The number of ether oxygens (including phenoxy) is 2. The second-order valence-corrected chi connectivity index (χ2v) is 8.25. The van der Waals surface area contributed by atoms with Crippen LogP contribution in [0.2, 0.25) is 0 Å². The van der Waals surface area contributed by atoms with Crippen molar-refractivity contribution in [2.75, 3.05) is 33.4 Å². The summed E-state index contributed by atoms with van der Waals surface area (Å²) in [6.45, 7) is 3.59. The van der Waals surface area contributed by atoms with E-state index in [-0.39, 0.29) is 12.0 Å². The average molecular weight is 438 g/mol. The van der Waals surface area contributed by atoms with Crippen LogP contribution in [0.15, 0.2) is 59.8 Å². The number of carbonyl (C=O) groups excluding carboxylic acids is 1. The molecule has 2 aromatic rings. The molecule has 2 aliphatic heterocycles. The van der Waals surface area contributed by atoms with Crippen molar-refractivity contribution in [3.8, 4) is 5.75 Å². The predicted molar refractivity (Wildman–Crippen MR) is 123 cm³/mol. The first-order valence-electron chi connectivity index (χ1n) is 11.2. The molecule has 0 aromatic heterocycles. The smallest absolute Gasteiger partial charge is 0.269 e. The molecule has 170 valence electrons. The van der Waals surface area contributed by atoms with Crippen molar-refractivity contribution in [2.24, 2.45) is 5.16 Å². The molecule has 7 heteroatoms. The van der Waals surface area contributed by atoms with Gasteiger partial charge in [-0.15, -0.1) is 0 Å².